The predicted octanol–water partition coefficient (Wildman–Crippen LogP) is 2.63. The lowest BCUT2D eigenvalue weighted by atomic mass is 9.85. The van der Waals surface area contributed by atoms with Crippen molar-refractivity contribution in [2.24, 2.45) is 0 Å². The summed E-state index contributed by atoms with van der Waals surface area (Å²) in [5.41, 5.74) is 3.73. The fourth-order valence-electron chi connectivity index (χ4n) is 2.65. The summed E-state index contributed by atoms with van der Waals surface area (Å²) >= 11 is 0. The molecule has 1 fully saturated rings. The lowest BCUT2D eigenvalue weighted by Gasteiger charge is -2.24. The van der Waals surface area contributed by atoms with Gasteiger partial charge >= 0.3 is 0 Å². The SMILES string of the molecule is CNCc1cccc2c(C)nc(C3CCC3)n12. The van der Waals surface area contributed by atoms with Crippen LogP contribution in [0.3, 0.4) is 0 Å². The molecule has 1 saturated carbocycles. The number of aromatic nitrogens is 2. The third-order valence-electron chi connectivity index (χ3n) is 3.78. The molecule has 17 heavy (non-hydrogen) atoms. The van der Waals surface area contributed by atoms with Gasteiger partial charge in [0.05, 0.1) is 11.2 Å². The Morgan fingerprint density at radius 1 is 1.41 bits per heavy atom. The van der Waals surface area contributed by atoms with E-state index in [2.05, 4.69) is 34.8 Å². The molecule has 0 spiro atoms. The van der Waals surface area contributed by atoms with E-state index in [-0.39, 0.29) is 0 Å². The highest BCUT2D eigenvalue weighted by atomic mass is 15.1. The van der Waals surface area contributed by atoms with Gasteiger partial charge in [-0.1, -0.05) is 12.5 Å². The average molecular weight is 229 g/mol. The Balaban J connectivity index is 2.20. The molecule has 2 aromatic rings. The minimum atomic E-state index is 0.675. The molecular formula is C14H19N3. The summed E-state index contributed by atoms with van der Waals surface area (Å²) in [6, 6.07) is 6.48. The molecule has 0 radical (unpaired) electrons. The molecule has 3 heteroatoms. The number of fused-ring (bicyclic) bond motifs is 1. The molecule has 0 aliphatic heterocycles. The molecule has 1 aliphatic carbocycles. The van der Waals surface area contributed by atoms with E-state index in [0.29, 0.717) is 5.92 Å². The number of imidazole rings is 1. The average Bonchev–Trinajstić information content (AvgIpc) is 2.56. The first-order valence-corrected chi connectivity index (χ1v) is 6.42. The van der Waals surface area contributed by atoms with Crippen molar-refractivity contribution in [2.45, 2.75) is 38.6 Å². The highest BCUT2D eigenvalue weighted by molar-refractivity contribution is 5.54. The van der Waals surface area contributed by atoms with E-state index in [1.54, 1.807) is 0 Å². The number of nitrogens with zero attached hydrogens (tertiary/aromatic N) is 2. The third-order valence-corrected chi connectivity index (χ3v) is 3.78. The van der Waals surface area contributed by atoms with Gasteiger partial charge in [-0.15, -0.1) is 0 Å². The second-order valence-electron chi connectivity index (χ2n) is 4.95. The number of pyridine rings is 1. The highest BCUT2D eigenvalue weighted by Gasteiger charge is 2.25. The van der Waals surface area contributed by atoms with E-state index < -0.39 is 0 Å². The van der Waals surface area contributed by atoms with Crippen LogP contribution in [0.2, 0.25) is 0 Å². The first kappa shape index (κ1) is 10.8. The predicted molar refractivity (Wildman–Crippen MR) is 69.3 cm³/mol. The monoisotopic (exact) mass is 229 g/mol. The Kier molecular flexibility index (Phi) is 2.63. The van der Waals surface area contributed by atoms with Crippen LogP contribution in [0.15, 0.2) is 18.2 Å². The standard InChI is InChI=1S/C14H19N3/c1-10-13-8-4-7-12(9-15-2)17(13)14(16-10)11-5-3-6-11/h4,7-8,11,15H,3,5-6,9H2,1-2H3. The Hall–Kier alpha value is -1.35. The Morgan fingerprint density at radius 3 is 2.88 bits per heavy atom. The summed E-state index contributed by atoms with van der Waals surface area (Å²) in [4.78, 5) is 4.79. The lowest BCUT2D eigenvalue weighted by molar-refractivity contribution is 0.399. The van der Waals surface area contributed by atoms with Crippen molar-refractivity contribution in [1.82, 2.24) is 14.7 Å². The fourth-order valence-corrected chi connectivity index (χ4v) is 2.65. The second-order valence-corrected chi connectivity index (χ2v) is 4.95. The van der Waals surface area contributed by atoms with Gasteiger partial charge in [-0.2, -0.15) is 0 Å². The van der Waals surface area contributed by atoms with Gasteiger partial charge in [0, 0.05) is 18.2 Å². The van der Waals surface area contributed by atoms with Crippen LogP contribution in [0, 0.1) is 6.92 Å². The Labute approximate surface area is 102 Å². The largest absolute Gasteiger partial charge is 0.314 e. The quantitative estimate of drug-likeness (QED) is 0.876. The van der Waals surface area contributed by atoms with Crippen molar-refractivity contribution in [3.05, 3.63) is 35.4 Å². The zero-order valence-electron chi connectivity index (χ0n) is 10.5. The third kappa shape index (κ3) is 1.65. The molecule has 0 bridgehead atoms. The molecule has 2 heterocycles. The topological polar surface area (TPSA) is 29.3 Å². The summed E-state index contributed by atoms with van der Waals surface area (Å²) in [6.07, 6.45) is 3.95. The second kappa shape index (κ2) is 4.15. The van der Waals surface area contributed by atoms with Crippen molar-refractivity contribution in [1.29, 1.82) is 0 Å². The van der Waals surface area contributed by atoms with E-state index in [9.17, 15) is 0 Å². The van der Waals surface area contributed by atoms with Gasteiger partial charge in [0.15, 0.2) is 0 Å². The molecule has 0 saturated heterocycles. The van der Waals surface area contributed by atoms with Gasteiger partial charge in [0.1, 0.15) is 5.82 Å². The van der Waals surface area contributed by atoms with Gasteiger partial charge in [-0.05, 0) is 38.9 Å². The summed E-state index contributed by atoms with van der Waals surface area (Å²) in [5.74, 6) is 1.95. The number of rotatable bonds is 3. The van der Waals surface area contributed by atoms with E-state index >= 15 is 0 Å². The molecule has 0 amide bonds. The zero-order valence-corrected chi connectivity index (χ0v) is 10.5. The van der Waals surface area contributed by atoms with Gasteiger partial charge in [0.2, 0.25) is 0 Å². The van der Waals surface area contributed by atoms with Crippen molar-refractivity contribution >= 4 is 5.52 Å². The molecular weight excluding hydrogens is 210 g/mol. The van der Waals surface area contributed by atoms with Gasteiger partial charge < -0.3 is 5.32 Å². The van der Waals surface area contributed by atoms with Crippen molar-refractivity contribution in [3.63, 3.8) is 0 Å². The molecule has 90 valence electrons. The van der Waals surface area contributed by atoms with Crippen LogP contribution in [0.1, 0.15) is 42.4 Å². The van der Waals surface area contributed by atoms with E-state index in [1.807, 2.05) is 7.05 Å². The summed E-state index contributed by atoms with van der Waals surface area (Å²) < 4.78 is 2.36. The first-order chi connectivity index (χ1) is 8.31. The van der Waals surface area contributed by atoms with E-state index in [4.69, 9.17) is 4.98 Å². The maximum atomic E-state index is 4.79. The van der Waals surface area contributed by atoms with Gasteiger partial charge in [-0.25, -0.2) is 4.98 Å². The van der Waals surface area contributed by atoms with Crippen LogP contribution >= 0.6 is 0 Å². The maximum absolute atomic E-state index is 4.79. The van der Waals surface area contributed by atoms with E-state index in [1.165, 1.54) is 36.3 Å². The van der Waals surface area contributed by atoms with Crippen LogP contribution in [0.4, 0.5) is 0 Å². The molecule has 0 aromatic carbocycles. The van der Waals surface area contributed by atoms with Crippen molar-refractivity contribution in [2.75, 3.05) is 7.05 Å². The Morgan fingerprint density at radius 2 is 2.24 bits per heavy atom. The van der Waals surface area contributed by atoms with E-state index in [0.717, 1.165) is 12.2 Å². The summed E-state index contributed by atoms with van der Waals surface area (Å²) in [7, 11) is 1.99. The maximum Gasteiger partial charge on any atom is 0.116 e. The summed E-state index contributed by atoms with van der Waals surface area (Å²) in [5, 5.41) is 3.24. The molecule has 1 N–H and O–H groups in total. The van der Waals surface area contributed by atoms with Crippen LogP contribution in [-0.2, 0) is 6.54 Å². The molecule has 3 nitrogen and oxygen atoms in total. The minimum Gasteiger partial charge on any atom is -0.314 e. The molecule has 1 aliphatic rings. The van der Waals surface area contributed by atoms with Crippen LogP contribution in [0.5, 0.6) is 0 Å². The fraction of sp³-hybridized carbons (Fsp3) is 0.500. The molecule has 2 aromatic heterocycles. The zero-order chi connectivity index (χ0) is 11.8. The van der Waals surface area contributed by atoms with Crippen molar-refractivity contribution < 1.29 is 0 Å². The number of aryl methyl sites for hydroxylation is 1. The van der Waals surface area contributed by atoms with Gasteiger partial charge in [-0.3, -0.25) is 4.40 Å². The molecule has 0 unspecified atom stereocenters. The molecule has 3 rings (SSSR count). The van der Waals surface area contributed by atoms with Crippen LogP contribution < -0.4 is 5.32 Å². The number of nitrogens with one attached hydrogen (secondary N) is 1. The van der Waals surface area contributed by atoms with Crippen molar-refractivity contribution in [3.8, 4) is 0 Å². The number of hydrogen-bond donors (Lipinski definition) is 1. The summed E-state index contributed by atoms with van der Waals surface area (Å²) in [6.45, 7) is 3.01. The Bertz CT molecular complexity index is 538. The normalized spacial score (nSPS) is 16.4. The smallest absolute Gasteiger partial charge is 0.116 e. The highest BCUT2D eigenvalue weighted by Crippen LogP contribution is 2.36. The minimum absolute atomic E-state index is 0.675. The van der Waals surface area contributed by atoms with Crippen LogP contribution in [-0.4, -0.2) is 16.4 Å². The molecule has 0 atom stereocenters. The first-order valence-electron chi connectivity index (χ1n) is 6.42. The van der Waals surface area contributed by atoms with Gasteiger partial charge in [0.25, 0.3) is 0 Å². The van der Waals surface area contributed by atoms with Crippen LogP contribution in [0.25, 0.3) is 5.52 Å². The lowest BCUT2D eigenvalue weighted by Crippen LogP contribution is -2.16. The number of hydrogen-bond acceptors (Lipinski definition) is 2.